The van der Waals surface area contributed by atoms with Gasteiger partial charge in [0, 0.05) is 24.4 Å². The molecule has 1 amide bonds. The van der Waals surface area contributed by atoms with E-state index in [1.54, 1.807) is 6.92 Å². The number of ether oxygens (including phenoxy) is 1. The summed E-state index contributed by atoms with van der Waals surface area (Å²) in [7, 11) is -2.21. The molecule has 0 saturated heterocycles. The number of hydrogen-bond acceptors (Lipinski definition) is 4. The zero-order valence-corrected chi connectivity index (χ0v) is 14.6. The van der Waals surface area contributed by atoms with Gasteiger partial charge < -0.3 is 10.1 Å². The molecule has 0 spiro atoms. The summed E-state index contributed by atoms with van der Waals surface area (Å²) in [5.74, 6) is -0.820. The highest BCUT2D eigenvalue weighted by Crippen LogP contribution is 2.14. The van der Waals surface area contributed by atoms with Crippen molar-refractivity contribution in [2.45, 2.75) is 17.9 Å². The Morgan fingerprint density at radius 2 is 1.72 bits per heavy atom. The summed E-state index contributed by atoms with van der Waals surface area (Å²) in [6, 6.07) is 10.5. The van der Waals surface area contributed by atoms with Gasteiger partial charge in [0.2, 0.25) is 10.0 Å². The molecule has 2 aromatic rings. The maximum Gasteiger partial charge on any atom is 0.255 e. The molecule has 0 fully saturated rings. The molecule has 0 saturated carbocycles. The Morgan fingerprint density at radius 1 is 1.12 bits per heavy atom. The zero-order valence-electron chi connectivity index (χ0n) is 13.8. The van der Waals surface area contributed by atoms with Crippen LogP contribution in [0.15, 0.2) is 53.4 Å². The average molecular weight is 366 g/mol. The molecule has 2 aromatic carbocycles. The van der Waals surface area contributed by atoms with Crippen LogP contribution in [0.5, 0.6) is 0 Å². The van der Waals surface area contributed by atoms with Crippen LogP contribution in [0, 0.1) is 5.82 Å². The number of methoxy groups -OCH3 is 1. The van der Waals surface area contributed by atoms with Crippen LogP contribution in [0.1, 0.15) is 17.3 Å². The lowest BCUT2D eigenvalue weighted by Crippen LogP contribution is -2.35. The number of halogens is 1. The van der Waals surface area contributed by atoms with Crippen molar-refractivity contribution in [3.05, 3.63) is 59.9 Å². The second-order valence-electron chi connectivity index (χ2n) is 5.46. The van der Waals surface area contributed by atoms with E-state index in [4.69, 9.17) is 4.74 Å². The minimum absolute atomic E-state index is 0.0498. The summed E-state index contributed by atoms with van der Waals surface area (Å²) < 4.78 is 44.7. The second-order valence-corrected chi connectivity index (χ2v) is 7.18. The first-order valence-corrected chi connectivity index (χ1v) is 8.98. The van der Waals surface area contributed by atoms with E-state index in [1.807, 2.05) is 0 Å². The van der Waals surface area contributed by atoms with Crippen LogP contribution in [0.4, 0.5) is 10.1 Å². The van der Waals surface area contributed by atoms with E-state index < -0.39 is 21.7 Å². The summed E-state index contributed by atoms with van der Waals surface area (Å²) in [5, 5.41) is 2.61. The van der Waals surface area contributed by atoms with Crippen LogP contribution >= 0.6 is 0 Å². The molecule has 2 N–H and O–H groups in total. The lowest BCUT2D eigenvalue weighted by Gasteiger charge is -2.13. The molecule has 25 heavy (non-hydrogen) atoms. The van der Waals surface area contributed by atoms with E-state index in [2.05, 4.69) is 10.0 Å². The van der Waals surface area contributed by atoms with E-state index in [-0.39, 0.29) is 23.1 Å². The highest BCUT2D eigenvalue weighted by Gasteiger charge is 2.18. The predicted molar refractivity (Wildman–Crippen MR) is 92.5 cm³/mol. The van der Waals surface area contributed by atoms with Gasteiger partial charge in [0.05, 0.1) is 11.5 Å². The molecule has 0 aliphatic rings. The predicted octanol–water partition coefficient (Wildman–Crippen LogP) is 2.39. The summed E-state index contributed by atoms with van der Waals surface area (Å²) in [5.41, 5.74) is 0.728. The van der Waals surface area contributed by atoms with Gasteiger partial charge in [-0.15, -0.1) is 0 Å². The first kappa shape index (κ1) is 19.0. The van der Waals surface area contributed by atoms with Crippen molar-refractivity contribution >= 4 is 21.6 Å². The molecule has 1 atom stereocenters. The van der Waals surface area contributed by atoms with Crippen LogP contribution in [0.25, 0.3) is 0 Å². The number of carbonyl (C=O) groups is 1. The maximum absolute atomic E-state index is 12.9. The highest BCUT2D eigenvalue weighted by atomic mass is 32.2. The highest BCUT2D eigenvalue weighted by molar-refractivity contribution is 7.89. The van der Waals surface area contributed by atoms with Crippen molar-refractivity contribution < 1.29 is 22.3 Å². The van der Waals surface area contributed by atoms with Gasteiger partial charge in [-0.2, -0.15) is 0 Å². The molecule has 0 radical (unpaired) electrons. The van der Waals surface area contributed by atoms with Gasteiger partial charge in [-0.1, -0.05) is 0 Å². The van der Waals surface area contributed by atoms with E-state index >= 15 is 0 Å². The van der Waals surface area contributed by atoms with Gasteiger partial charge in [-0.25, -0.2) is 17.5 Å². The largest absolute Gasteiger partial charge is 0.383 e. The SMILES string of the molecule is COC[C@@H](C)NS(=O)(=O)c1ccc(C(=O)Nc2ccc(F)cc2)cc1. The van der Waals surface area contributed by atoms with Crippen LogP contribution < -0.4 is 10.0 Å². The van der Waals surface area contributed by atoms with Gasteiger partial charge in [0.1, 0.15) is 5.82 Å². The number of sulfonamides is 1. The normalized spacial score (nSPS) is 12.6. The molecule has 0 bridgehead atoms. The Balaban J connectivity index is 2.08. The lowest BCUT2D eigenvalue weighted by molar-refractivity contribution is 0.102. The van der Waals surface area contributed by atoms with Gasteiger partial charge in [-0.3, -0.25) is 4.79 Å². The number of carbonyl (C=O) groups excluding carboxylic acids is 1. The van der Waals surface area contributed by atoms with Crippen molar-refractivity contribution in [2.75, 3.05) is 19.0 Å². The second kappa shape index (κ2) is 8.19. The van der Waals surface area contributed by atoms with E-state index in [0.717, 1.165) is 0 Å². The van der Waals surface area contributed by atoms with Crippen LogP contribution in [-0.4, -0.2) is 34.1 Å². The molecule has 2 rings (SSSR count). The molecule has 0 heterocycles. The average Bonchev–Trinajstić information content (AvgIpc) is 2.57. The lowest BCUT2D eigenvalue weighted by atomic mass is 10.2. The molecular formula is C17H19FN2O4S. The zero-order chi connectivity index (χ0) is 18.4. The van der Waals surface area contributed by atoms with E-state index in [9.17, 15) is 17.6 Å². The topological polar surface area (TPSA) is 84.5 Å². The first-order chi connectivity index (χ1) is 11.8. The fourth-order valence-corrected chi connectivity index (χ4v) is 3.37. The molecule has 0 aliphatic carbocycles. The Bertz CT molecular complexity index is 821. The first-order valence-electron chi connectivity index (χ1n) is 7.50. The molecule has 0 unspecified atom stereocenters. The standard InChI is InChI=1S/C17H19FN2O4S/c1-12(11-24-2)20-25(22,23)16-9-3-13(4-10-16)17(21)19-15-7-5-14(18)6-8-15/h3-10,12,20H,11H2,1-2H3,(H,19,21)/t12-/m1/s1. The summed E-state index contributed by atoms with van der Waals surface area (Å²) >= 11 is 0. The molecule has 134 valence electrons. The maximum atomic E-state index is 12.9. The van der Waals surface area contributed by atoms with E-state index in [1.165, 1.54) is 55.6 Å². The smallest absolute Gasteiger partial charge is 0.255 e. The number of amides is 1. The number of anilines is 1. The van der Waals surface area contributed by atoms with Gasteiger partial charge >= 0.3 is 0 Å². The van der Waals surface area contributed by atoms with Gasteiger partial charge in [0.15, 0.2) is 0 Å². The van der Waals surface area contributed by atoms with Gasteiger partial charge in [-0.05, 0) is 55.5 Å². The Morgan fingerprint density at radius 3 is 2.28 bits per heavy atom. The fourth-order valence-electron chi connectivity index (χ4n) is 2.14. The number of rotatable bonds is 7. The quantitative estimate of drug-likeness (QED) is 0.788. The van der Waals surface area contributed by atoms with Crippen LogP contribution in [0.3, 0.4) is 0 Å². The number of benzene rings is 2. The van der Waals surface area contributed by atoms with Gasteiger partial charge in [0.25, 0.3) is 5.91 Å². The van der Waals surface area contributed by atoms with Crippen molar-refractivity contribution in [3.8, 4) is 0 Å². The summed E-state index contributed by atoms with van der Waals surface area (Å²) in [6.07, 6.45) is 0. The monoisotopic (exact) mass is 366 g/mol. The fraction of sp³-hybridized carbons (Fsp3) is 0.235. The third-order valence-electron chi connectivity index (χ3n) is 3.30. The van der Waals surface area contributed by atoms with Crippen LogP contribution in [-0.2, 0) is 14.8 Å². The minimum atomic E-state index is -3.69. The Labute approximate surface area is 146 Å². The Hall–Kier alpha value is -2.29. The van der Waals surface area contributed by atoms with Crippen LogP contribution in [0.2, 0.25) is 0 Å². The Kier molecular flexibility index (Phi) is 6.24. The van der Waals surface area contributed by atoms with Crippen molar-refractivity contribution in [1.82, 2.24) is 4.72 Å². The molecule has 8 heteroatoms. The third-order valence-corrected chi connectivity index (χ3v) is 4.91. The number of hydrogen-bond donors (Lipinski definition) is 2. The number of nitrogens with one attached hydrogen (secondary N) is 2. The molecular weight excluding hydrogens is 347 g/mol. The third kappa shape index (κ3) is 5.35. The summed E-state index contributed by atoms with van der Waals surface area (Å²) in [4.78, 5) is 12.2. The van der Waals surface area contributed by atoms with E-state index in [0.29, 0.717) is 5.69 Å². The van der Waals surface area contributed by atoms with Crippen molar-refractivity contribution in [3.63, 3.8) is 0 Å². The van der Waals surface area contributed by atoms with Crippen molar-refractivity contribution in [1.29, 1.82) is 0 Å². The summed E-state index contributed by atoms with van der Waals surface area (Å²) in [6.45, 7) is 1.93. The van der Waals surface area contributed by atoms with Crippen molar-refractivity contribution in [2.24, 2.45) is 0 Å². The molecule has 0 aliphatic heterocycles. The minimum Gasteiger partial charge on any atom is -0.383 e. The molecule has 6 nitrogen and oxygen atoms in total. The molecule has 0 aromatic heterocycles.